The summed E-state index contributed by atoms with van der Waals surface area (Å²) in [6.45, 7) is 5.02. The van der Waals surface area contributed by atoms with Gasteiger partial charge in [-0.1, -0.05) is 20.3 Å². The predicted molar refractivity (Wildman–Crippen MR) is 60.8 cm³/mol. The van der Waals surface area contributed by atoms with Gasteiger partial charge in [0.15, 0.2) is 0 Å². The van der Waals surface area contributed by atoms with Crippen LogP contribution in [0, 0.1) is 5.92 Å². The normalized spacial score (nSPS) is 14.9. The van der Waals surface area contributed by atoms with Crippen molar-refractivity contribution in [2.45, 2.75) is 32.9 Å². The summed E-state index contributed by atoms with van der Waals surface area (Å²) in [5.41, 5.74) is 0.00792. The topological polar surface area (TPSA) is 46.9 Å². The number of likely N-dealkylation sites (N-methyl/N-ethyl adjacent to an activating group) is 1. The van der Waals surface area contributed by atoms with Crippen molar-refractivity contribution in [3.63, 3.8) is 0 Å². The van der Waals surface area contributed by atoms with E-state index in [1.807, 2.05) is 7.05 Å². The van der Waals surface area contributed by atoms with Crippen molar-refractivity contribution in [3.05, 3.63) is 28.9 Å². The highest BCUT2D eigenvalue weighted by molar-refractivity contribution is 4.84. The minimum atomic E-state index is 0.00792. The van der Waals surface area contributed by atoms with Crippen LogP contribution in [0.2, 0.25) is 0 Å². The molecule has 0 bridgehead atoms. The van der Waals surface area contributed by atoms with Gasteiger partial charge in [0.05, 0.1) is 6.33 Å². The molecule has 0 spiro atoms. The van der Waals surface area contributed by atoms with Crippen LogP contribution in [0.3, 0.4) is 0 Å². The maximum atomic E-state index is 11.5. The molecule has 2 atom stereocenters. The molecule has 0 saturated heterocycles. The second kappa shape index (κ2) is 5.66. The maximum absolute atomic E-state index is 11.5. The van der Waals surface area contributed by atoms with Gasteiger partial charge in [-0.2, -0.15) is 0 Å². The first-order valence-corrected chi connectivity index (χ1v) is 5.36. The van der Waals surface area contributed by atoms with Crippen molar-refractivity contribution in [1.29, 1.82) is 0 Å². The van der Waals surface area contributed by atoms with Gasteiger partial charge >= 0.3 is 0 Å². The number of nitrogens with one attached hydrogen (secondary N) is 1. The smallest absolute Gasteiger partial charge is 0.253 e. The van der Waals surface area contributed by atoms with Crippen molar-refractivity contribution < 1.29 is 0 Å². The van der Waals surface area contributed by atoms with Crippen LogP contribution in [0.4, 0.5) is 0 Å². The molecule has 1 N–H and O–H groups in total. The lowest BCUT2D eigenvalue weighted by Crippen LogP contribution is -2.38. The Hall–Kier alpha value is -1.16. The van der Waals surface area contributed by atoms with Gasteiger partial charge in [0.1, 0.15) is 0 Å². The van der Waals surface area contributed by atoms with Gasteiger partial charge in [-0.15, -0.1) is 0 Å². The molecule has 2 unspecified atom stereocenters. The Labute approximate surface area is 90.3 Å². The molecule has 4 nitrogen and oxygen atoms in total. The monoisotopic (exact) mass is 209 g/mol. The zero-order valence-electron chi connectivity index (χ0n) is 9.60. The van der Waals surface area contributed by atoms with Crippen molar-refractivity contribution in [3.8, 4) is 0 Å². The van der Waals surface area contributed by atoms with Crippen LogP contribution < -0.4 is 10.9 Å². The molecule has 0 saturated carbocycles. The quantitative estimate of drug-likeness (QED) is 0.783. The van der Waals surface area contributed by atoms with E-state index in [2.05, 4.69) is 24.1 Å². The highest BCUT2D eigenvalue weighted by atomic mass is 16.1. The maximum Gasteiger partial charge on any atom is 0.253 e. The van der Waals surface area contributed by atoms with Crippen LogP contribution in [-0.4, -0.2) is 22.6 Å². The molecular weight excluding hydrogens is 190 g/mol. The Bertz CT molecular complexity index is 348. The van der Waals surface area contributed by atoms with Crippen LogP contribution in [0.1, 0.15) is 20.3 Å². The molecule has 0 aromatic carbocycles. The lowest BCUT2D eigenvalue weighted by atomic mass is 9.99. The number of rotatable bonds is 5. The molecule has 1 aromatic heterocycles. The molecule has 0 amide bonds. The highest BCUT2D eigenvalue weighted by Crippen LogP contribution is 2.08. The molecular formula is C11H19N3O. The standard InChI is InChI=1S/C11H19N3O/c1-4-9(2)10(12-3)7-14-8-13-6-5-11(14)15/h5-6,8-10,12H,4,7H2,1-3H3. The summed E-state index contributed by atoms with van der Waals surface area (Å²) < 4.78 is 1.65. The molecule has 1 rings (SSSR count). The van der Waals surface area contributed by atoms with E-state index >= 15 is 0 Å². The lowest BCUT2D eigenvalue weighted by molar-refractivity contribution is 0.343. The van der Waals surface area contributed by atoms with E-state index in [4.69, 9.17) is 0 Å². The molecule has 1 aromatic rings. The van der Waals surface area contributed by atoms with Gasteiger partial charge in [-0.05, 0) is 13.0 Å². The summed E-state index contributed by atoms with van der Waals surface area (Å²) in [7, 11) is 1.93. The van der Waals surface area contributed by atoms with Crippen LogP contribution in [0.5, 0.6) is 0 Å². The first kappa shape index (κ1) is 11.9. The Morgan fingerprint density at radius 3 is 2.87 bits per heavy atom. The molecule has 15 heavy (non-hydrogen) atoms. The number of hydrogen-bond donors (Lipinski definition) is 1. The van der Waals surface area contributed by atoms with E-state index in [9.17, 15) is 4.79 Å². The van der Waals surface area contributed by atoms with Gasteiger partial charge in [0, 0.05) is 24.8 Å². The first-order valence-electron chi connectivity index (χ1n) is 5.36. The third-order valence-electron chi connectivity index (χ3n) is 2.89. The molecule has 0 aliphatic carbocycles. The predicted octanol–water partition coefficient (Wildman–Crippen LogP) is 0.877. The van der Waals surface area contributed by atoms with Crippen molar-refractivity contribution >= 4 is 0 Å². The fourth-order valence-corrected chi connectivity index (χ4v) is 1.57. The summed E-state index contributed by atoms with van der Waals surface area (Å²) in [5, 5.41) is 3.24. The van der Waals surface area contributed by atoms with Gasteiger partial charge in [0.25, 0.3) is 5.56 Å². The van der Waals surface area contributed by atoms with Crippen LogP contribution in [0.25, 0.3) is 0 Å². The largest absolute Gasteiger partial charge is 0.315 e. The molecule has 84 valence electrons. The van der Waals surface area contributed by atoms with E-state index in [1.165, 1.54) is 12.3 Å². The Morgan fingerprint density at radius 1 is 1.60 bits per heavy atom. The lowest BCUT2D eigenvalue weighted by Gasteiger charge is -2.22. The second-order valence-corrected chi connectivity index (χ2v) is 3.85. The molecule has 0 fully saturated rings. The number of aromatic nitrogens is 2. The first-order chi connectivity index (χ1) is 7.19. The van der Waals surface area contributed by atoms with Crippen LogP contribution in [0.15, 0.2) is 23.4 Å². The third kappa shape index (κ3) is 3.16. The van der Waals surface area contributed by atoms with Gasteiger partial charge in [0.2, 0.25) is 0 Å². The number of hydrogen-bond acceptors (Lipinski definition) is 3. The van der Waals surface area contributed by atoms with E-state index in [0.29, 0.717) is 18.5 Å². The highest BCUT2D eigenvalue weighted by Gasteiger charge is 2.14. The van der Waals surface area contributed by atoms with Crippen molar-refractivity contribution in [2.24, 2.45) is 5.92 Å². The SMILES string of the molecule is CCC(C)C(Cn1cnccc1=O)NC. The molecule has 1 heterocycles. The summed E-state index contributed by atoms with van der Waals surface area (Å²) >= 11 is 0. The third-order valence-corrected chi connectivity index (χ3v) is 2.89. The van der Waals surface area contributed by atoms with Gasteiger partial charge < -0.3 is 5.32 Å². The average Bonchev–Trinajstić information content (AvgIpc) is 2.27. The summed E-state index contributed by atoms with van der Waals surface area (Å²) in [5.74, 6) is 0.544. The van der Waals surface area contributed by atoms with E-state index < -0.39 is 0 Å². The molecule has 4 heteroatoms. The molecule has 0 radical (unpaired) electrons. The fourth-order valence-electron chi connectivity index (χ4n) is 1.57. The number of nitrogens with zero attached hydrogens (tertiary/aromatic N) is 2. The van der Waals surface area contributed by atoms with Gasteiger partial charge in [-0.25, -0.2) is 4.98 Å². The minimum Gasteiger partial charge on any atom is -0.315 e. The van der Waals surface area contributed by atoms with Crippen LogP contribution >= 0.6 is 0 Å². The van der Waals surface area contributed by atoms with Crippen molar-refractivity contribution in [1.82, 2.24) is 14.9 Å². The van der Waals surface area contributed by atoms with Crippen molar-refractivity contribution in [2.75, 3.05) is 7.05 Å². The van der Waals surface area contributed by atoms with E-state index in [-0.39, 0.29) is 5.56 Å². The zero-order chi connectivity index (χ0) is 11.3. The van der Waals surface area contributed by atoms with E-state index in [1.54, 1.807) is 10.9 Å². The van der Waals surface area contributed by atoms with Crippen LogP contribution in [-0.2, 0) is 6.54 Å². The molecule has 0 aliphatic rings. The summed E-state index contributed by atoms with van der Waals surface area (Å²) in [4.78, 5) is 15.4. The average molecular weight is 209 g/mol. The second-order valence-electron chi connectivity index (χ2n) is 3.85. The van der Waals surface area contributed by atoms with Gasteiger partial charge in [-0.3, -0.25) is 9.36 Å². The summed E-state index contributed by atoms with van der Waals surface area (Å²) in [6.07, 6.45) is 4.21. The van der Waals surface area contributed by atoms with E-state index in [0.717, 1.165) is 6.42 Å². The Kier molecular flexibility index (Phi) is 4.49. The minimum absolute atomic E-state index is 0.00792. The Balaban J connectivity index is 2.75. The summed E-state index contributed by atoms with van der Waals surface area (Å²) in [6, 6.07) is 1.81. The Morgan fingerprint density at radius 2 is 2.33 bits per heavy atom. The zero-order valence-corrected chi connectivity index (χ0v) is 9.60. The molecule has 0 aliphatic heterocycles. The fraction of sp³-hybridized carbons (Fsp3) is 0.636.